The van der Waals surface area contributed by atoms with E-state index in [1.165, 1.54) is 17.7 Å². The molecule has 0 unspecified atom stereocenters. The molecule has 160 valence electrons. The molecule has 3 aromatic carbocycles. The number of nitrogens with zero attached hydrogens (tertiary/aromatic N) is 1. The van der Waals surface area contributed by atoms with E-state index in [4.69, 9.17) is 4.42 Å². The standard InChI is InChI=1S/C27H22FNO3/c1-3-17-5-9-19(10-6-17)24-23-25(30)21-14-16(2)4-13-22(21)32-26(23)27(31)29(24)15-18-7-11-20(28)12-8-18/h4-14,24H,3,15H2,1-2H3/t24-/m0/s1. The highest BCUT2D eigenvalue weighted by atomic mass is 19.1. The van der Waals surface area contributed by atoms with E-state index in [1.54, 1.807) is 29.2 Å². The van der Waals surface area contributed by atoms with Gasteiger partial charge in [0.2, 0.25) is 5.76 Å². The summed E-state index contributed by atoms with van der Waals surface area (Å²) in [6.45, 7) is 4.23. The lowest BCUT2D eigenvalue weighted by Gasteiger charge is -2.25. The summed E-state index contributed by atoms with van der Waals surface area (Å²) in [6.07, 6.45) is 0.895. The highest BCUT2D eigenvalue weighted by Crippen LogP contribution is 2.39. The second-order valence-electron chi connectivity index (χ2n) is 8.23. The van der Waals surface area contributed by atoms with Crippen molar-refractivity contribution >= 4 is 16.9 Å². The van der Waals surface area contributed by atoms with Crippen molar-refractivity contribution in [3.8, 4) is 0 Å². The Bertz CT molecular complexity index is 1390. The molecule has 0 saturated carbocycles. The lowest BCUT2D eigenvalue weighted by Crippen LogP contribution is -2.29. The SMILES string of the molecule is CCc1ccc([C@H]2c3c(oc4ccc(C)cc4c3=O)C(=O)N2Cc2ccc(F)cc2)cc1. The van der Waals surface area contributed by atoms with Crippen molar-refractivity contribution in [3.05, 3.63) is 116 Å². The summed E-state index contributed by atoms with van der Waals surface area (Å²) in [4.78, 5) is 28.7. The van der Waals surface area contributed by atoms with Gasteiger partial charge in [-0.25, -0.2) is 4.39 Å². The number of amides is 1. The maximum Gasteiger partial charge on any atom is 0.291 e. The number of hydrogen-bond donors (Lipinski definition) is 0. The normalized spacial score (nSPS) is 15.4. The zero-order chi connectivity index (χ0) is 22.4. The second kappa shape index (κ2) is 7.75. The number of aryl methyl sites for hydroxylation is 2. The Labute approximate surface area is 184 Å². The Morgan fingerprint density at radius 3 is 2.31 bits per heavy atom. The summed E-state index contributed by atoms with van der Waals surface area (Å²) < 4.78 is 19.4. The van der Waals surface area contributed by atoms with Gasteiger partial charge in [-0.1, -0.05) is 55.0 Å². The fourth-order valence-electron chi connectivity index (χ4n) is 4.37. The number of fused-ring (bicyclic) bond motifs is 2. The molecule has 1 aliphatic rings. The Kier molecular flexibility index (Phi) is 4.89. The topological polar surface area (TPSA) is 50.5 Å². The van der Waals surface area contributed by atoms with Crippen LogP contribution in [0.15, 0.2) is 75.9 Å². The van der Waals surface area contributed by atoms with Gasteiger partial charge >= 0.3 is 0 Å². The summed E-state index contributed by atoms with van der Waals surface area (Å²) >= 11 is 0. The first-order chi connectivity index (χ1) is 15.5. The molecule has 1 aromatic heterocycles. The zero-order valence-corrected chi connectivity index (χ0v) is 17.9. The molecule has 0 spiro atoms. The minimum absolute atomic E-state index is 0.0815. The fraction of sp³-hybridized carbons (Fsp3) is 0.185. The van der Waals surface area contributed by atoms with Crippen molar-refractivity contribution in [1.29, 1.82) is 0 Å². The van der Waals surface area contributed by atoms with Gasteiger partial charge in [-0.15, -0.1) is 0 Å². The number of carbonyl (C=O) groups excluding carboxylic acids is 1. The molecular weight excluding hydrogens is 405 g/mol. The van der Waals surface area contributed by atoms with Gasteiger partial charge < -0.3 is 9.32 Å². The number of hydrogen-bond acceptors (Lipinski definition) is 3. The molecule has 1 atom stereocenters. The predicted molar refractivity (Wildman–Crippen MR) is 121 cm³/mol. The van der Waals surface area contributed by atoms with Crippen LogP contribution in [0.25, 0.3) is 11.0 Å². The van der Waals surface area contributed by atoms with Gasteiger partial charge in [0.1, 0.15) is 11.4 Å². The molecule has 0 radical (unpaired) electrons. The average Bonchev–Trinajstić information content (AvgIpc) is 3.08. The summed E-state index contributed by atoms with van der Waals surface area (Å²) in [6, 6.07) is 18.8. The third-order valence-electron chi connectivity index (χ3n) is 6.09. The van der Waals surface area contributed by atoms with E-state index in [-0.39, 0.29) is 29.5 Å². The van der Waals surface area contributed by atoms with Gasteiger partial charge in [0.15, 0.2) is 5.43 Å². The molecule has 2 heterocycles. The largest absolute Gasteiger partial charge is 0.450 e. The van der Waals surface area contributed by atoms with Crippen molar-refractivity contribution in [2.24, 2.45) is 0 Å². The van der Waals surface area contributed by atoms with Crippen LogP contribution >= 0.6 is 0 Å². The molecule has 0 saturated heterocycles. The minimum atomic E-state index is -0.574. The van der Waals surface area contributed by atoms with Crippen molar-refractivity contribution < 1.29 is 13.6 Å². The smallest absolute Gasteiger partial charge is 0.291 e. The molecule has 1 amide bonds. The van der Waals surface area contributed by atoms with E-state index in [0.717, 1.165) is 23.1 Å². The van der Waals surface area contributed by atoms with Crippen LogP contribution in [0, 0.1) is 12.7 Å². The maximum atomic E-state index is 13.6. The Hall–Kier alpha value is -3.73. The van der Waals surface area contributed by atoms with E-state index in [0.29, 0.717) is 16.5 Å². The Morgan fingerprint density at radius 2 is 1.62 bits per heavy atom. The summed E-state index contributed by atoms with van der Waals surface area (Å²) in [5.41, 5.74) is 4.30. The molecule has 0 aliphatic carbocycles. The minimum Gasteiger partial charge on any atom is -0.450 e. The summed E-state index contributed by atoms with van der Waals surface area (Å²) in [7, 11) is 0. The van der Waals surface area contributed by atoms with Crippen molar-refractivity contribution in [3.63, 3.8) is 0 Å². The first-order valence-electron chi connectivity index (χ1n) is 10.7. The van der Waals surface area contributed by atoms with Gasteiger partial charge in [0, 0.05) is 6.54 Å². The third kappa shape index (κ3) is 3.30. The first-order valence-corrected chi connectivity index (χ1v) is 10.7. The Balaban J connectivity index is 1.70. The zero-order valence-electron chi connectivity index (χ0n) is 17.9. The maximum absolute atomic E-state index is 13.6. The van der Waals surface area contributed by atoms with Crippen LogP contribution in [0.4, 0.5) is 4.39 Å². The molecule has 0 fully saturated rings. The molecule has 4 nitrogen and oxygen atoms in total. The van der Waals surface area contributed by atoms with E-state index in [2.05, 4.69) is 6.92 Å². The molecule has 0 bridgehead atoms. The lowest BCUT2D eigenvalue weighted by atomic mass is 9.96. The number of rotatable bonds is 4. The van der Waals surface area contributed by atoms with Crippen molar-refractivity contribution in [1.82, 2.24) is 4.90 Å². The molecule has 32 heavy (non-hydrogen) atoms. The summed E-state index contributed by atoms with van der Waals surface area (Å²) in [5, 5.41) is 0.468. The van der Waals surface area contributed by atoms with E-state index >= 15 is 0 Å². The van der Waals surface area contributed by atoms with E-state index in [9.17, 15) is 14.0 Å². The van der Waals surface area contributed by atoms with E-state index < -0.39 is 6.04 Å². The third-order valence-corrected chi connectivity index (χ3v) is 6.09. The van der Waals surface area contributed by atoms with Crippen molar-refractivity contribution in [2.45, 2.75) is 32.9 Å². The van der Waals surface area contributed by atoms with E-state index in [1.807, 2.05) is 37.3 Å². The molecule has 5 heteroatoms. The molecule has 5 rings (SSSR count). The van der Waals surface area contributed by atoms with Crippen LogP contribution in [-0.2, 0) is 13.0 Å². The lowest BCUT2D eigenvalue weighted by molar-refractivity contribution is 0.0714. The monoisotopic (exact) mass is 427 g/mol. The fourth-order valence-corrected chi connectivity index (χ4v) is 4.37. The van der Waals surface area contributed by atoms with Gasteiger partial charge in [-0.05, 0) is 54.3 Å². The number of halogens is 1. The van der Waals surface area contributed by atoms with Crippen LogP contribution in [0.2, 0.25) is 0 Å². The average molecular weight is 427 g/mol. The second-order valence-corrected chi connectivity index (χ2v) is 8.23. The highest BCUT2D eigenvalue weighted by molar-refractivity contribution is 5.99. The van der Waals surface area contributed by atoms with Gasteiger partial charge in [-0.2, -0.15) is 0 Å². The van der Waals surface area contributed by atoms with Gasteiger partial charge in [-0.3, -0.25) is 9.59 Å². The quantitative estimate of drug-likeness (QED) is 0.429. The Morgan fingerprint density at radius 1 is 0.938 bits per heavy atom. The van der Waals surface area contributed by atoms with Crippen molar-refractivity contribution in [2.75, 3.05) is 0 Å². The molecule has 4 aromatic rings. The van der Waals surface area contributed by atoms with Crippen LogP contribution in [0.5, 0.6) is 0 Å². The van der Waals surface area contributed by atoms with Gasteiger partial charge in [0.25, 0.3) is 5.91 Å². The molecular formula is C27H22FNO3. The molecule has 0 N–H and O–H groups in total. The summed E-state index contributed by atoms with van der Waals surface area (Å²) in [5.74, 6) is -0.596. The number of carbonyl (C=O) groups is 1. The van der Waals surface area contributed by atoms with Gasteiger partial charge in [0.05, 0.1) is 17.0 Å². The molecule has 1 aliphatic heterocycles. The van der Waals surface area contributed by atoms with Crippen LogP contribution in [-0.4, -0.2) is 10.8 Å². The van der Waals surface area contributed by atoms with Crippen LogP contribution in [0.3, 0.4) is 0 Å². The van der Waals surface area contributed by atoms with Crippen LogP contribution < -0.4 is 5.43 Å². The van der Waals surface area contributed by atoms with Crippen LogP contribution in [0.1, 0.15) is 51.3 Å². The first kappa shape index (κ1) is 20.2. The highest BCUT2D eigenvalue weighted by Gasteiger charge is 2.42. The number of benzene rings is 3. The predicted octanol–water partition coefficient (Wildman–Crippen LogP) is 5.55.